The van der Waals surface area contributed by atoms with Crippen LogP contribution in [0, 0.1) is 0 Å². The van der Waals surface area contributed by atoms with Gasteiger partial charge < -0.3 is 68.1 Å². The Morgan fingerprint density at radius 2 is 0.850 bits per heavy atom. The van der Waals surface area contributed by atoms with Crippen molar-refractivity contribution in [3.63, 3.8) is 0 Å². The Morgan fingerprint density at radius 1 is 0.478 bits per heavy atom. The quantitative estimate of drug-likeness (QED) is 0.0682. The Bertz CT molecular complexity index is 4500. The Morgan fingerprint density at radius 3 is 1.20 bits per heavy atom. The minimum absolute atomic E-state index is 0. The van der Waals surface area contributed by atoms with Crippen molar-refractivity contribution < 1.29 is 33.5 Å². The lowest BCUT2D eigenvalue weighted by Crippen LogP contribution is -2.59. The monoisotopic (exact) mass is 1920 g/mol. The summed E-state index contributed by atoms with van der Waals surface area (Å²) in [7, 11) is 1.91. The minimum atomic E-state index is -0.988. The van der Waals surface area contributed by atoms with E-state index in [4.69, 9.17) is 97.3 Å². The van der Waals surface area contributed by atoms with Crippen LogP contribution in [-0.2, 0) is 35.8 Å². The van der Waals surface area contributed by atoms with Gasteiger partial charge >= 0.3 is 6.09 Å². The summed E-state index contributed by atoms with van der Waals surface area (Å²) in [5.74, 6) is -0.725. The number of carbonyl (C=O) groups is 6. The predicted octanol–water partition coefficient (Wildman–Crippen LogP) is 11.6. The molecule has 7 fully saturated rings. The van der Waals surface area contributed by atoms with Crippen molar-refractivity contribution in [1.29, 1.82) is 0 Å². The summed E-state index contributed by atoms with van der Waals surface area (Å²) in [6.07, 6.45) is 27.9. The van der Waals surface area contributed by atoms with Crippen LogP contribution >= 0.6 is 133 Å². The molecule has 0 radical (unpaired) electrons. The molecule has 15 rings (SSSR count). The van der Waals surface area contributed by atoms with Crippen LogP contribution in [0.2, 0.25) is 30.1 Å². The minimum Gasteiger partial charge on any atom is -0.444 e. The molecule has 608 valence electrons. The van der Waals surface area contributed by atoms with Crippen molar-refractivity contribution in [3.05, 3.63) is 147 Å². The molecule has 7 aromatic rings. The number of likely N-dealkylation sites (tertiary alicyclic amines) is 1. The molecule has 0 saturated carbocycles. The van der Waals surface area contributed by atoms with Crippen molar-refractivity contribution in [2.75, 3.05) is 98.4 Å². The van der Waals surface area contributed by atoms with E-state index in [0.29, 0.717) is 108 Å². The second-order valence-corrected chi connectivity index (χ2v) is 34.7. The van der Waals surface area contributed by atoms with Crippen molar-refractivity contribution in [2.24, 2.45) is 35.0 Å². The smallest absolute Gasteiger partial charge is 0.410 e. The van der Waals surface area contributed by atoms with Gasteiger partial charge in [-0.3, -0.25) is 69.2 Å². The fourth-order valence-corrected chi connectivity index (χ4v) is 17.8. The summed E-state index contributed by atoms with van der Waals surface area (Å²) in [5.41, 5.74) is 26.6. The van der Waals surface area contributed by atoms with Gasteiger partial charge in [0.2, 0.25) is 23.6 Å². The van der Waals surface area contributed by atoms with E-state index in [1.165, 1.54) is 12.5 Å². The molecule has 0 bridgehead atoms. The van der Waals surface area contributed by atoms with Gasteiger partial charge in [0.1, 0.15) is 22.2 Å². The fourth-order valence-electron chi connectivity index (χ4n) is 13.9. The summed E-state index contributed by atoms with van der Waals surface area (Å²) < 4.78 is 10.3. The SMILES string of the molecule is C.CC(C)(C)OC(=O)N1CCC(N)(C(N)=O)CC1.Clc1cncc(Br)c1Cl.Cn1cc(-c2ccc(-c3cncc(Cl)c3N3CCC4(CC3)NCNC4=O)cc2)cn1.NC(=O)C1(N)CCN(c2c(Cl)cncc2Br)CC1.O=C1NC=NC12CCN(c1c(Cl)cncc1Br)CC2.O=C1NCNC12CCN(c1c(Cl)cncc1Br)CC2. The summed E-state index contributed by atoms with van der Waals surface area (Å²) in [6.45, 7) is 13.2. The zero-order valence-corrected chi connectivity index (χ0v) is 72.5. The number of anilines is 4. The molecular formula is C74H90Br4Cl6N22O7. The van der Waals surface area contributed by atoms with E-state index in [-0.39, 0.29) is 36.8 Å². The summed E-state index contributed by atoms with van der Waals surface area (Å²) >= 11 is 50.0. The first-order chi connectivity index (χ1) is 53.1. The van der Waals surface area contributed by atoms with E-state index in [2.05, 4.69) is 169 Å². The van der Waals surface area contributed by atoms with Gasteiger partial charge in [0.05, 0.1) is 108 Å². The number of amides is 6. The first kappa shape index (κ1) is 90.1. The Hall–Kier alpha value is -6.83. The van der Waals surface area contributed by atoms with Crippen LogP contribution in [0.5, 0.6) is 0 Å². The molecule has 39 heteroatoms. The number of primary amides is 2. The maximum Gasteiger partial charge on any atom is 0.410 e. The number of nitrogens with one attached hydrogen (secondary N) is 5. The highest BCUT2D eigenvalue weighted by Crippen LogP contribution is 2.43. The highest BCUT2D eigenvalue weighted by atomic mass is 79.9. The van der Waals surface area contributed by atoms with E-state index in [1.807, 2.05) is 46.4 Å². The van der Waals surface area contributed by atoms with Crippen molar-refractivity contribution in [2.45, 2.75) is 126 Å². The molecule has 13 N–H and O–H groups in total. The number of carbonyl (C=O) groups excluding carboxylic acids is 6. The lowest BCUT2D eigenvalue weighted by atomic mass is 9.87. The number of hydrogen-bond donors (Lipinski definition) is 9. The van der Waals surface area contributed by atoms with Crippen molar-refractivity contribution in [3.8, 4) is 22.3 Å². The molecular weight excluding hydrogens is 1840 g/mol. The first-order valence-corrected chi connectivity index (χ1v) is 41.1. The number of aromatic nitrogens is 7. The first-order valence-electron chi connectivity index (χ1n) is 35.7. The van der Waals surface area contributed by atoms with Gasteiger partial charge in [-0.25, -0.2) is 4.79 Å². The Kier molecular flexibility index (Phi) is 31.1. The second-order valence-electron chi connectivity index (χ2n) is 28.9. The third-order valence-electron chi connectivity index (χ3n) is 20.6. The van der Waals surface area contributed by atoms with Crippen LogP contribution in [0.15, 0.2) is 122 Å². The number of aryl methyl sites for hydroxylation is 1. The number of aliphatic imine (C=N–C) groups is 1. The number of benzene rings is 1. The van der Waals surface area contributed by atoms with Crippen LogP contribution in [-0.4, -0.2) is 194 Å². The van der Waals surface area contributed by atoms with Gasteiger partial charge in [-0.2, -0.15) is 5.10 Å². The third kappa shape index (κ3) is 21.9. The molecule has 29 nitrogen and oxygen atoms in total. The second kappa shape index (κ2) is 39.0. The van der Waals surface area contributed by atoms with E-state index in [9.17, 15) is 28.8 Å². The lowest BCUT2D eigenvalue weighted by molar-refractivity contribution is -0.125. The number of hydrogen-bond acceptors (Lipinski definition) is 22. The van der Waals surface area contributed by atoms with Crippen LogP contribution in [0.1, 0.15) is 92.4 Å². The zero-order chi connectivity index (χ0) is 81.1. The van der Waals surface area contributed by atoms with Gasteiger partial charge in [-0.1, -0.05) is 101 Å². The number of piperidine rings is 5. The number of halogens is 10. The van der Waals surface area contributed by atoms with Gasteiger partial charge in [0, 0.05) is 152 Å². The number of nitrogens with two attached hydrogens (primary N) is 4. The van der Waals surface area contributed by atoms with Gasteiger partial charge in [-0.15, -0.1) is 0 Å². The van der Waals surface area contributed by atoms with Gasteiger partial charge in [0.15, 0.2) is 0 Å². The normalized spacial score (nSPS) is 18.7. The molecule has 14 heterocycles. The summed E-state index contributed by atoms with van der Waals surface area (Å²) in [4.78, 5) is 105. The highest BCUT2D eigenvalue weighted by Gasteiger charge is 2.48. The number of pyridine rings is 5. The van der Waals surface area contributed by atoms with Crippen LogP contribution in [0.4, 0.5) is 27.5 Å². The van der Waals surface area contributed by atoms with Gasteiger partial charge in [0.25, 0.3) is 5.91 Å². The Labute approximate surface area is 719 Å². The average Bonchev–Trinajstić information content (AvgIpc) is 1.74. The van der Waals surface area contributed by atoms with Crippen LogP contribution in [0.25, 0.3) is 22.3 Å². The van der Waals surface area contributed by atoms with Crippen molar-refractivity contribution in [1.82, 2.24) is 66.2 Å². The average molecular weight is 1930 g/mol. The summed E-state index contributed by atoms with van der Waals surface area (Å²) in [5, 5.41) is 22.7. The maximum absolute atomic E-state index is 12.3. The van der Waals surface area contributed by atoms with E-state index in [0.717, 1.165) is 128 Å². The number of ether oxygens (including phenoxy) is 1. The highest BCUT2D eigenvalue weighted by molar-refractivity contribution is 9.11. The maximum atomic E-state index is 12.3. The molecule has 6 aromatic heterocycles. The van der Waals surface area contributed by atoms with Crippen LogP contribution < -0.4 is 69.1 Å². The largest absolute Gasteiger partial charge is 0.444 e. The Balaban J connectivity index is 0.000000160. The predicted molar refractivity (Wildman–Crippen MR) is 459 cm³/mol. The third-order valence-corrected chi connectivity index (χ3v) is 25.0. The molecule has 8 aliphatic heterocycles. The fraction of sp³-hybridized carbons (Fsp3) is 0.446. The molecule has 3 spiro atoms. The number of nitrogens with zero attached hydrogens (tertiary/aromatic N) is 13. The molecule has 8 aliphatic rings. The molecule has 7 saturated heterocycles. The molecule has 113 heavy (non-hydrogen) atoms. The van der Waals surface area contributed by atoms with E-state index < -0.39 is 39.6 Å². The summed E-state index contributed by atoms with van der Waals surface area (Å²) in [6, 6.07) is 8.37. The molecule has 0 unspecified atom stereocenters. The molecule has 0 aliphatic carbocycles. The van der Waals surface area contributed by atoms with Crippen molar-refractivity contribution >= 4 is 198 Å². The van der Waals surface area contributed by atoms with E-state index >= 15 is 0 Å². The van der Waals surface area contributed by atoms with Crippen LogP contribution in [0.3, 0.4) is 0 Å². The number of rotatable bonds is 8. The van der Waals surface area contributed by atoms with Gasteiger partial charge in [-0.05, 0) is 160 Å². The zero-order valence-electron chi connectivity index (χ0n) is 61.6. The molecule has 0 atom stereocenters. The lowest BCUT2D eigenvalue weighted by Gasteiger charge is -2.39. The van der Waals surface area contributed by atoms with E-state index in [1.54, 1.807) is 59.2 Å². The topological polar surface area (TPSA) is 387 Å². The standard InChI is InChI=1S/C22H23ClN6O.C12H14BrClN4O.C12H12BrClN4O.C11H14BrClN4O.C11H21N3O3.C5H2BrCl2N.CH4/c1-28-13-17(10-27-28)15-2-4-16(5-3-15)18-11-24-12-19(23)20(18)29-8-6-22(7-9-29)21(30)25-14-26-22;2*13-8-5-15-6-9(14)10(8)18-3-1-12(2-4-18)11(19)16-7-17-12;12-7-5-16-6-8(13)9(7)17-3-1-11(15,2-4-17)10(14)18;1-10(2,3)17-9(16)14-6-4-11(13,5-7-14)8(12)15;6-3-1-9-2-4(7)5(3)8;/h2-5,10-13,26H,6-9,14H2,1H3,(H,25,30);5-6,17H,1-4,7H2,(H,16,19);5-7H,1-4H2,(H,16,17,19);5-6H,1-4,15H2,(H2,14,18);4-7,13H2,1-3H3,(H2,12,15);1-2H;1H4. The molecule has 1 aromatic carbocycles. The molecule has 6 amide bonds.